The first kappa shape index (κ1) is 25.0. The van der Waals surface area contributed by atoms with Crippen molar-refractivity contribution in [1.29, 1.82) is 0 Å². The molecule has 11 heteroatoms. The van der Waals surface area contributed by atoms with Crippen LogP contribution in [0.25, 0.3) is 11.3 Å². The Hall–Kier alpha value is -4.15. The lowest BCUT2D eigenvalue weighted by molar-refractivity contribution is 0.0184. The number of para-hydroxylation sites is 2. The number of carbonyl (C=O) groups is 2. The van der Waals surface area contributed by atoms with Gasteiger partial charge in [-0.25, -0.2) is 14.8 Å². The predicted molar refractivity (Wildman–Crippen MR) is 137 cm³/mol. The fourth-order valence-corrected chi connectivity index (χ4v) is 4.05. The van der Waals surface area contributed by atoms with E-state index in [-0.39, 0.29) is 23.6 Å². The fourth-order valence-electron chi connectivity index (χ4n) is 4.05. The summed E-state index contributed by atoms with van der Waals surface area (Å²) in [4.78, 5) is 35.6. The van der Waals surface area contributed by atoms with Gasteiger partial charge in [0.15, 0.2) is 11.5 Å². The largest absolute Gasteiger partial charge is 0.444 e. The third-order valence-corrected chi connectivity index (χ3v) is 5.91. The number of benzene rings is 1. The zero-order valence-corrected chi connectivity index (χ0v) is 21.0. The number of carbonyl (C=O) groups excluding carboxylic acids is 2. The number of rotatable bonds is 4. The van der Waals surface area contributed by atoms with Crippen molar-refractivity contribution in [3.8, 4) is 11.3 Å². The van der Waals surface area contributed by atoms with Crippen LogP contribution >= 0.6 is 0 Å². The lowest BCUT2D eigenvalue weighted by Crippen LogP contribution is -2.42. The summed E-state index contributed by atoms with van der Waals surface area (Å²) < 4.78 is 7.39. The van der Waals surface area contributed by atoms with Crippen molar-refractivity contribution in [2.75, 3.05) is 29.9 Å². The van der Waals surface area contributed by atoms with Gasteiger partial charge in [0, 0.05) is 24.8 Å². The van der Waals surface area contributed by atoms with Gasteiger partial charge in [0.1, 0.15) is 5.60 Å². The molecule has 1 aromatic carbocycles. The van der Waals surface area contributed by atoms with Crippen LogP contribution in [0.15, 0.2) is 36.7 Å². The van der Waals surface area contributed by atoms with Crippen LogP contribution < -0.4 is 16.8 Å². The van der Waals surface area contributed by atoms with Crippen LogP contribution in [0.1, 0.15) is 55.8 Å². The van der Waals surface area contributed by atoms with Gasteiger partial charge in [0.25, 0.3) is 5.91 Å². The van der Waals surface area contributed by atoms with Crippen LogP contribution in [0.4, 0.5) is 22.0 Å². The van der Waals surface area contributed by atoms with Gasteiger partial charge in [-0.1, -0.05) is 12.1 Å². The molecule has 3 heterocycles. The number of hydrogen-bond acceptors (Lipinski definition) is 8. The van der Waals surface area contributed by atoms with Crippen molar-refractivity contribution in [2.45, 2.75) is 52.2 Å². The highest BCUT2D eigenvalue weighted by molar-refractivity contribution is 6.07. The smallest absolute Gasteiger partial charge is 0.410 e. The third kappa shape index (κ3) is 5.56. The standard InChI is InChI=1S/C25H32N8O3/c1-15-17(14-33(31-15)16-9-11-32(12-10-16)24(35)36-25(2,3)4)20-13-28-22(27)21(29-20)23(34)30-19-8-6-5-7-18(19)26/h5-8,13-14,16H,9-12,26H2,1-4H3,(H2,27,28)(H,30,34). The third-order valence-electron chi connectivity index (χ3n) is 5.91. The second-order valence-corrected chi connectivity index (χ2v) is 9.84. The van der Waals surface area contributed by atoms with Crippen molar-refractivity contribution in [3.05, 3.63) is 48.0 Å². The van der Waals surface area contributed by atoms with E-state index in [9.17, 15) is 9.59 Å². The Labute approximate surface area is 209 Å². The summed E-state index contributed by atoms with van der Waals surface area (Å²) in [6.45, 7) is 8.63. The van der Waals surface area contributed by atoms with E-state index in [1.54, 1.807) is 29.2 Å². The number of hydrogen-bond donors (Lipinski definition) is 3. The minimum atomic E-state index is -0.522. The number of aromatic nitrogens is 4. The molecule has 2 amide bonds. The number of piperidine rings is 1. The summed E-state index contributed by atoms with van der Waals surface area (Å²) in [7, 11) is 0. The molecule has 1 aliphatic rings. The molecule has 11 nitrogen and oxygen atoms in total. The number of aryl methyl sites for hydroxylation is 1. The normalized spacial score (nSPS) is 14.5. The summed E-state index contributed by atoms with van der Waals surface area (Å²) in [5.74, 6) is -0.482. The number of nitrogens with zero attached hydrogens (tertiary/aromatic N) is 5. The van der Waals surface area contributed by atoms with Crippen molar-refractivity contribution >= 4 is 29.2 Å². The Morgan fingerprint density at radius 2 is 1.83 bits per heavy atom. The summed E-state index contributed by atoms with van der Waals surface area (Å²) in [6, 6.07) is 7.07. The maximum absolute atomic E-state index is 12.9. The number of anilines is 3. The Kier molecular flexibility index (Phi) is 6.82. The topological polar surface area (TPSA) is 154 Å². The van der Waals surface area contributed by atoms with Crippen LogP contribution in [-0.4, -0.2) is 55.3 Å². The van der Waals surface area contributed by atoms with Crippen LogP contribution in [0.5, 0.6) is 0 Å². The molecule has 0 unspecified atom stereocenters. The highest BCUT2D eigenvalue weighted by atomic mass is 16.6. The quantitative estimate of drug-likeness (QED) is 0.466. The van der Waals surface area contributed by atoms with E-state index in [0.29, 0.717) is 30.2 Å². The van der Waals surface area contributed by atoms with Crippen molar-refractivity contribution in [3.63, 3.8) is 0 Å². The Bertz CT molecular complexity index is 1270. The molecule has 190 valence electrons. The first-order valence-electron chi connectivity index (χ1n) is 11.8. The van der Waals surface area contributed by atoms with E-state index in [1.165, 1.54) is 6.20 Å². The van der Waals surface area contributed by atoms with Gasteiger partial charge in [-0.2, -0.15) is 5.10 Å². The van der Waals surface area contributed by atoms with Gasteiger partial charge in [0.2, 0.25) is 0 Å². The second kappa shape index (κ2) is 9.84. The van der Waals surface area contributed by atoms with Crippen LogP contribution in [0, 0.1) is 6.92 Å². The molecule has 5 N–H and O–H groups in total. The van der Waals surface area contributed by atoms with Crippen molar-refractivity contribution < 1.29 is 14.3 Å². The number of nitrogens with one attached hydrogen (secondary N) is 1. The molecule has 1 aliphatic heterocycles. The number of likely N-dealkylation sites (tertiary alicyclic amines) is 1. The predicted octanol–water partition coefficient (Wildman–Crippen LogP) is 3.64. The summed E-state index contributed by atoms with van der Waals surface area (Å²) in [6.07, 6.45) is 4.64. The SMILES string of the molecule is Cc1nn(C2CCN(C(=O)OC(C)(C)C)CC2)cc1-c1cnc(N)c(C(=O)Nc2ccccc2N)n1. The van der Waals surface area contributed by atoms with Gasteiger partial charge in [-0.15, -0.1) is 0 Å². The number of amides is 2. The number of ether oxygens (including phenoxy) is 1. The molecule has 0 aliphatic carbocycles. The molecule has 2 aromatic heterocycles. The van der Waals surface area contributed by atoms with E-state index in [1.807, 2.05) is 38.6 Å². The average molecular weight is 493 g/mol. The average Bonchev–Trinajstić information content (AvgIpc) is 3.21. The maximum atomic E-state index is 12.9. The van der Waals surface area contributed by atoms with Crippen LogP contribution in [0.3, 0.4) is 0 Å². The minimum Gasteiger partial charge on any atom is -0.444 e. The summed E-state index contributed by atoms with van der Waals surface area (Å²) in [5, 5.41) is 7.42. The molecular formula is C25H32N8O3. The molecule has 1 fully saturated rings. The molecule has 36 heavy (non-hydrogen) atoms. The molecule has 0 spiro atoms. The van der Waals surface area contributed by atoms with Crippen LogP contribution in [-0.2, 0) is 4.74 Å². The number of nitrogens with two attached hydrogens (primary N) is 2. The Balaban J connectivity index is 1.49. The van der Waals surface area contributed by atoms with E-state index in [0.717, 1.165) is 24.1 Å². The van der Waals surface area contributed by atoms with Crippen molar-refractivity contribution in [1.82, 2.24) is 24.6 Å². The van der Waals surface area contributed by atoms with Crippen LogP contribution in [0.2, 0.25) is 0 Å². The fraction of sp³-hybridized carbons (Fsp3) is 0.400. The Morgan fingerprint density at radius 3 is 2.50 bits per heavy atom. The highest BCUT2D eigenvalue weighted by Crippen LogP contribution is 2.28. The van der Waals surface area contributed by atoms with Gasteiger partial charge in [-0.3, -0.25) is 9.48 Å². The molecule has 0 saturated carbocycles. The molecule has 3 aromatic rings. The van der Waals surface area contributed by atoms with E-state index < -0.39 is 11.5 Å². The minimum absolute atomic E-state index is 0.00794. The molecule has 4 rings (SSSR count). The lowest BCUT2D eigenvalue weighted by Gasteiger charge is -2.33. The highest BCUT2D eigenvalue weighted by Gasteiger charge is 2.28. The first-order valence-corrected chi connectivity index (χ1v) is 11.8. The Morgan fingerprint density at radius 1 is 1.14 bits per heavy atom. The molecule has 0 bridgehead atoms. The summed E-state index contributed by atoms with van der Waals surface area (Å²) >= 11 is 0. The molecule has 0 atom stereocenters. The number of nitrogen functional groups attached to an aromatic ring is 2. The van der Waals surface area contributed by atoms with Gasteiger partial charge >= 0.3 is 6.09 Å². The zero-order chi connectivity index (χ0) is 26.0. The summed E-state index contributed by atoms with van der Waals surface area (Å²) in [5.41, 5.74) is 14.3. The molecule has 1 saturated heterocycles. The van der Waals surface area contributed by atoms with Gasteiger partial charge < -0.3 is 26.4 Å². The molecule has 0 radical (unpaired) electrons. The van der Waals surface area contributed by atoms with E-state index in [2.05, 4.69) is 20.4 Å². The van der Waals surface area contributed by atoms with E-state index in [4.69, 9.17) is 16.2 Å². The van der Waals surface area contributed by atoms with Gasteiger partial charge in [0.05, 0.1) is 35.0 Å². The second-order valence-electron chi connectivity index (χ2n) is 9.84. The van der Waals surface area contributed by atoms with Gasteiger partial charge in [-0.05, 0) is 52.7 Å². The lowest BCUT2D eigenvalue weighted by atomic mass is 10.1. The first-order chi connectivity index (χ1) is 17.0. The maximum Gasteiger partial charge on any atom is 0.410 e. The van der Waals surface area contributed by atoms with E-state index >= 15 is 0 Å². The molecular weight excluding hydrogens is 460 g/mol. The van der Waals surface area contributed by atoms with Crippen molar-refractivity contribution in [2.24, 2.45) is 0 Å². The zero-order valence-electron chi connectivity index (χ0n) is 21.0. The monoisotopic (exact) mass is 492 g/mol.